The van der Waals surface area contributed by atoms with Gasteiger partial charge in [0, 0.05) is 10.8 Å². The number of rotatable bonds is 16. The van der Waals surface area contributed by atoms with Crippen molar-refractivity contribution in [1.29, 1.82) is 0 Å². The average Bonchev–Trinajstić information content (AvgIpc) is 2.71. The molecule has 0 saturated carbocycles. The Balaban J connectivity index is 1.44. The largest absolute Gasteiger partial charge is 0.507 e. The first-order chi connectivity index (χ1) is 13.8. The molecule has 2 heteroatoms. The maximum absolute atomic E-state index is 9.94. The van der Waals surface area contributed by atoms with Gasteiger partial charge in [-0.05, 0) is 18.6 Å². The predicted octanol–water partition coefficient (Wildman–Crippen LogP) is 8.41. The van der Waals surface area contributed by atoms with Gasteiger partial charge in [-0.2, -0.15) is 0 Å². The lowest BCUT2D eigenvalue weighted by Gasteiger charge is -2.10. The van der Waals surface area contributed by atoms with Crippen LogP contribution in [0.4, 0.5) is 0 Å². The van der Waals surface area contributed by atoms with Gasteiger partial charge in [-0.15, -0.1) is 0 Å². The normalized spacial score (nSPS) is 11.2. The Kier molecular flexibility index (Phi) is 11.6. The molecule has 0 radical (unpaired) electrons. The van der Waals surface area contributed by atoms with Gasteiger partial charge in [0.05, 0.1) is 6.61 Å². The zero-order valence-corrected chi connectivity index (χ0v) is 17.9. The van der Waals surface area contributed by atoms with Gasteiger partial charge in [0.25, 0.3) is 0 Å². The van der Waals surface area contributed by atoms with Gasteiger partial charge in [-0.3, -0.25) is 0 Å². The molecule has 0 fully saturated rings. The van der Waals surface area contributed by atoms with Crippen molar-refractivity contribution in [3.63, 3.8) is 0 Å². The molecule has 156 valence electrons. The number of benzene rings is 2. The van der Waals surface area contributed by atoms with Gasteiger partial charge in [-0.25, -0.2) is 0 Å². The highest BCUT2D eigenvalue weighted by molar-refractivity contribution is 5.92. The molecule has 0 unspecified atom stereocenters. The van der Waals surface area contributed by atoms with E-state index in [0.717, 1.165) is 29.5 Å². The summed E-state index contributed by atoms with van der Waals surface area (Å²) in [4.78, 5) is 0. The highest BCUT2D eigenvalue weighted by atomic mass is 16.5. The quantitative estimate of drug-likeness (QED) is 0.294. The monoisotopic (exact) mass is 384 g/mol. The van der Waals surface area contributed by atoms with Crippen LogP contribution in [0.3, 0.4) is 0 Å². The summed E-state index contributed by atoms with van der Waals surface area (Å²) in [5.74, 6) is 1.20. The van der Waals surface area contributed by atoms with Crippen LogP contribution < -0.4 is 4.74 Å². The summed E-state index contributed by atoms with van der Waals surface area (Å²) in [6.45, 7) is 3.04. The first kappa shape index (κ1) is 22.6. The number of unbranched alkanes of at least 4 members (excludes halogenated alkanes) is 13. The molecule has 0 aromatic heterocycles. The van der Waals surface area contributed by atoms with E-state index in [4.69, 9.17) is 4.74 Å². The minimum Gasteiger partial charge on any atom is -0.507 e. The summed E-state index contributed by atoms with van der Waals surface area (Å²) in [6, 6.07) is 11.5. The van der Waals surface area contributed by atoms with E-state index in [-0.39, 0.29) is 0 Å². The van der Waals surface area contributed by atoms with Crippen molar-refractivity contribution in [1.82, 2.24) is 0 Å². The van der Waals surface area contributed by atoms with Gasteiger partial charge >= 0.3 is 0 Å². The minimum absolute atomic E-state index is 0.319. The molecular weight excluding hydrogens is 344 g/mol. The third-order valence-corrected chi connectivity index (χ3v) is 5.61. The molecule has 0 bridgehead atoms. The van der Waals surface area contributed by atoms with Crippen LogP contribution in [0.1, 0.15) is 96.8 Å². The second kappa shape index (κ2) is 14.3. The molecule has 0 aliphatic carbocycles. The van der Waals surface area contributed by atoms with Crippen LogP contribution in [-0.4, -0.2) is 11.7 Å². The maximum atomic E-state index is 9.94. The molecule has 2 aromatic rings. The second-order valence-electron chi connectivity index (χ2n) is 8.07. The first-order valence-corrected chi connectivity index (χ1v) is 11.7. The van der Waals surface area contributed by atoms with Gasteiger partial charge in [0.1, 0.15) is 11.5 Å². The van der Waals surface area contributed by atoms with E-state index in [1.54, 1.807) is 6.07 Å². The summed E-state index contributed by atoms with van der Waals surface area (Å²) >= 11 is 0. The van der Waals surface area contributed by atoms with Crippen LogP contribution in [0.15, 0.2) is 36.4 Å². The van der Waals surface area contributed by atoms with E-state index in [9.17, 15) is 5.11 Å². The molecule has 0 saturated heterocycles. The molecular formula is C26H40O2. The third-order valence-electron chi connectivity index (χ3n) is 5.61. The molecule has 2 aromatic carbocycles. The van der Waals surface area contributed by atoms with Crippen molar-refractivity contribution < 1.29 is 9.84 Å². The fraction of sp³-hybridized carbons (Fsp3) is 0.615. The van der Waals surface area contributed by atoms with Crippen molar-refractivity contribution in [2.45, 2.75) is 96.8 Å². The second-order valence-corrected chi connectivity index (χ2v) is 8.07. The molecule has 0 aliphatic rings. The zero-order chi connectivity index (χ0) is 19.9. The minimum atomic E-state index is 0.319. The molecule has 0 atom stereocenters. The number of phenolic OH excluding ortho intramolecular Hbond substituents is 1. The van der Waals surface area contributed by atoms with Crippen molar-refractivity contribution >= 4 is 10.8 Å². The smallest absolute Gasteiger partial charge is 0.127 e. The highest BCUT2D eigenvalue weighted by Gasteiger charge is 2.04. The fourth-order valence-corrected chi connectivity index (χ4v) is 3.87. The number of fused-ring (bicyclic) bond motifs is 1. The lowest BCUT2D eigenvalue weighted by atomic mass is 10.0. The van der Waals surface area contributed by atoms with Gasteiger partial charge in [0.15, 0.2) is 0 Å². The lowest BCUT2D eigenvalue weighted by molar-refractivity contribution is 0.307. The Hall–Kier alpha value is -1.70. The van der Waals surface area contributed by atoms with Crippen molar-refractivity contribution in [2.24, 2.45) is 0 Å². The highest BCUT2D eigenvalue weighted by Crippen LogP contribution is 2.31. The topological polar surface area (TPSA) is 29.5 Å². The number of ether oxygens (including phenoxy) is 1. The van der Waals surface area contributed by atoms with Crippen molar-refractivity contribution in [3.8, 4) is 11.5 Å². The number of hydrogen-bond donors (Lipinski definition) is 1. The molecule has 28 heavy (non-hydrogen) atoms. The Labute approximate surface area is 172 Å². The summed E-state index contributed by atoms with van der Waals surface area (Å²) < 4.78 is 5.97. The van der Waals surface area contributed by atoms with E-state index >= 15 is 0 Å². The van der Waals surface area contributed by atoms with E-state index in [1.807, 2.05) is 30.3 Å². The molecule has 0 heterocycles. The number of hydrogen-bond acceptors (Lipinski definition) is 2. The number of aromatic hydroxyl groups is 1. The van der Waals surface area contributed by atoms with Crippen LogP contribution in [0, 0.1) is 0 Å². The van der Waals surface area contributed by atoms with Crippen LogP contribution in [0.2, 0.25) is 0 Å². The molecule has 0 spiro atoms. The SMILES string of the molecule is CCCCCCCCCCCCCCCCOc1cccc2c(O)cccc12. The summed E-state index contributed by atoms with van der Waals surface area (Å²) in [6.07, 6.45) is 19.2. The number of phenols is 1. The van der Waals surface area contributed by atoms with E-state index in [2.05, 4.69) is 6.92 Å². The van der Waals surface area contributed by atoms with E-state index < -0.39 is 0 Å². The Morgan fingerprint density at radius 3 is 1.71 bits per heavy atom. The first-order valence-electron chi connectivity index (χ1n) is 11.7. The lowest BCUT2D eigenvalue weighted by Crippen LogP contribution is -1.98. The summed E-state index contributed by atoms with van der Waals surface area (Å²) in [5, 5.41) is 11.8. The van der Waals surface area contributed by atoms with E-state index in [1.165, 1.54) is 83.5 Å². The standard InChI is InChI=1S/C26H40O2/c1-2-3-4-5-6-7-8-9-10-11-12-13-14-15-22-28-26-21-17-18-23-24(26)19-16-20-25(23)27/h16-21,27H,2-15,22H2,1H3. The Morgan fingerprint density at radius 1 is 0.607 bits per heavy atom. The van der Waals surface area contributed by atoms with E-state index in [0.29, 0.717) is 5.75 Å². The molecule has 2 nitrogen and oxygen atoms in total. The van der Waals surface area contributed by atoms with Crippen LogP contribution in [-0.2, 0) is 0 Å². The Bertz CT molecular complexity index is 650. The maximum Gasteiger partial charge on any atom is 0.127 e. The van der Waals surface area contributed by atoms with Gasteiger partial charge in [0.2, 0.25) is 0 Å². The van der Waals surface area contributed by atoms with Crippen LogP contribution >= 0.6 is 0 Å². The third kappa shape index (κ3) is 8.54. The molecule has 0 aliphatic heterocycles. The molecule has 1 N–H and O–H groups in total. The summed E-state index contributed by atoms with van der Waals surface area (Å²) in [7, 11) is 0. The van der Waals surface area contributed by atoms with Crippen molar-refractivity contribution in [3.05, 3.63) is 36.4 Å². The van der Waals surface area contributed by atoms with Crippen LogP contribution in [0.5, 0.6) is 11.5 Å². The van der Waals surface area contributed by atoms with Crippen molar-refractivity contribution in [2.75, 3.05) is 6.61 Å². The van der Waals surface area contributed by atoms with Crippen LogP contribution in [0.25, 0.3) is 10.8 Å². The summed E-state index contributed by atoms with van der Waals surface area (Å²) in [5.41, 5.74) is 0. The molecule has 0 amide bonds. The average molecular weight is 385 g/mol. The Morgan fingerprint density at radius 2 is 1.11 bits per heavy atom. The van der Waals surface area contributed by atoms with Gasteiger partial charge in [-0.1, -0.05) is 115 Å². The molecule has 2 rings (SSSR count). The predicted molar refractivity (Wildman–Crippen MR) is 121 cm³/mol. The zero-order valence-electron chi connectivity index (χ0n) is 17.9. The van der Waals surface area contributed by atoms with Gasteiger partial charge < -0.3 is 9.84 Å². The fourth-order valence-electron chi connectivity index (χ4n) is 3.87.